The third-order valence-corrected chi connectivity index (χ3v) is 2.61. The van der Waals surface area contributed by atoms with E-state index in [0.29, 0.717) is 6.10 Å². The molecular formula is C8H12O3. The Hall–Kier alpha value is -0.570. The van der Waals surface area contributed by atoms with E-state index in [1.54, 1.807) is 0 Å². The van der Waals surface area contributed by atoms with Crippen LogP contribution in [0.15, 0.2) is 0 Å². The van der Waals surface area contributed by atoms with Crippen LogP contribution in [0.25, 0.3) is 0 Å². The molecule has 0 spiro atoms. The van der Waals surface area contributed by atoms with Crippen LogP contribution in [0.1, 0.15) is 25.7 Å². The Morgan fingerprint density at radius 1 is 1.73 bits per heavy atom. The lowest BCUT2D eigenvalue weighted by Crippen LogP contribution is -2.59. The number of fused-ring (bicyclic) bond motifs is 2. The van der Waals surface area contributed by atoms with Gasteiger partial charge < -0.3 is 9.47 Å². The fourth-order valence-electron chi connectivity index (χ4n) is 2.03. The molecule has 1 aliphatic carbocycles. The summed E-state index contributed by atoms with van der Waals surface area (Å²) in [6, 6.07) is 0. The molecule has 3 rings (SSSR count). The molecule has 0 aromatic rings. The van der Waals surface area contributed by atoms with Gasteiger partial charge in [0.05, 0.1) is 13.2 Å². The van der Waals surface area contributed by atoms with Crippen LogP contribution in [0.2, 0.25) is 0 Å². The molecule has 1 saturated carbocycles. The van der Waals surface area contributed by atoms with Gasteiger partial charge in [-0.1, -0.05) is 0 Å². The van der Waals surface area contributed by atoms with Crippen molar-refractivity contribution in [3.8, 4) is 0 Å². The molecule has 3 fully saturated rings. The lowest BCUT2D eigenvalue weighted by Gasteiger charge is -2.49. The number of hydrogen-bond acceptors (Lipinski definition) is 3. The Labute approximate surface area is 65.7 Å². The van der Waals surface area contributed by atoms with Crippen molar-refractivity contribution in [3.63, 3.8) is 0 Å². The SMILES string of the molecule is COC(=O)C12CCCC(C1)O2. The van der Waals surface area contributed by atoms with Gasteiger partial charge in [0.1, 0.15) is 0 Å². The number of hydrogen-bond donors (Lipinski definition) is 0. The Balaban J connectivity index is 2.06. The van der Waals surface area contributed by atoms with Gasteiger partial charge in [-0.15, -0.1) is 0 Å². The van der Waals surface area contributed by atoms with Crippen molar-refractivity contribution < 1.29 is 14.3 Å². The second-order valence-electron chi connectivity index (χ2n) is 3.32. The maximum absolute atomic E-state index is 11.2. The maximum Gasteiger partial charge on any atom is 0.338 e. The van der Waals surface area contributed by atoms with E-state index in [-0.39, 0.29) is 5.97 Å². The molecule has 3 heteroatoms. The van der Waals surface area contributed by atoms with Gasteiger partial charge >= 0.3 is 5.97 Å². The topological polar surface area (TPSA) is 35.5 Å². The minimum atomic E-state index is -0.530. The predicted octanol–water partition coefficient (Wildman–Crippen LogP) is 0.871. The fourth-order valence-corrected chi connectivity index (χ4v) is 2.03. The molecule has 2 heterocycles. The molecule has 0 radical (unpaired) electrons. The summed E-state index contributed by atoms with van der Waals surface area (Å²) < 4.78 is 10.1. The molecule has 2 unspecified atom stereocenters. The van der Waals surface area contributed by atoms with Crippen LogP contribution in [0.5, 0.6) is 0 Å². The van der Waals surface area contributed by atoms with Gasteiger partial charge in [0.15, 0.2) is 5.60 Å². The molecule has 62 valence electrons. The number of esters is 1. The summed E-state index contributed by atoms with van der Waals surface area (Å²) in [5.41, 5.74) is -0.530. The van der Waals surface area contributed by atoms with Gasteiger partial charge in [-0.3, -0.25) is 0 Å². The molecule has 2 atom stereocenters. The predicted molar refractivity (Wildman–Crippen MR) is 38.1 cm³/mol. The molecule has 0 amide bonds. The summed E-state index contributed by atoms with van der Waals surface area (Å²) in [5, 5.41) is 0. The minimum Gasteiger partial charge on any atom is -0.467 e. The van der Waals surface area contributed by atoms with E-state index in [1.807, 2.05) is 0 Å². The third-order valence-electron chi connectivity index (χ3n) is 2.61. The van der Waals surface area contributed by atoms with Gasteiger partial charge in [-0.05, 0) is 19.3 Å². The van der Waals surface area contributed by atoms with Crippen molar-refractivity contribution in [2.24, 2.45) is 0 Å². The largest absolute Gasteiger partial charge is 0.467 e. The number of carbonyl (C=O) groups is 1. The highest BCUT2D eigenvalue weighted by Gasteiger charge is 2.54. The molecule has 0 aromatic heterocycles. The van der Waals surface area contributed by atoms with Crippen molar-refractivity contribution in [1.29, 1.82) is 0 Å². The second-order valence-corrected chi connectivity index (χ2v) is 3.32. The van der Waals surface area contributed by atoms with Gasteiger partial charge in [-0.25, -0.2) is 4.79 Å². The van der Waals surface area contributed by atoms with Crippen molar-refractivity contribution in [3.05, 3.63) is 0 Å². The highest BCUT2D eigenvalue weighted by atomic mass is 16.6. The zero-order valence-corrected chi connectivity index (χ0v) is 6.63. The van der Waals surface area contributed by atoms with Crippen LogP contribution in [-0.4, -0.2) is 24.8 Å². The zero-order chi connectivity index (χ0) is 7.90. The van der Waals surface area contributed by atoms with Crippen molar-refractivity contribution in [1.82, 2.24) is 0 Å². The van der Waals surface area contributed by atoms with Crippen molar-refractivity contribution in [2.45, 2.75) is 37.4 Å². The third kappa shape index (κ3) is 0.872. The van der Waals surface area contributed by atoms with E-state index in [2.05, 4.69) is 4.74 Å². The normalized spacial score (nSPS) is 41.0. The van der Waals surface area contributed by atoms with Crippen LogP contribution in [0.4, 0.5) is 0 Å². The van der Waals surface area contributed by atoms with Crippen molar-refractivity contribution in [2.75, 3.05) is 7.11 Å². The quantitative estimate of drug-likeness (QED) is 0.528. The lowest BCUT2D eigenvalue weighted by molar-refractivity contribution is -0.244. The van der Waals surface area contributed by atoms with Crippen LogP contribution < -0.4 is 0 Å². The van der Waals surface area contributed by atoms with E-state index in [9.17, 15) is 4.79 Å². The van der Waals surface area contributed by atoms with Gasteiger partial charge in [0.25, 0.3) is 0 Å². The van der Waals surface area contributed by atoms with E-state index >= 15 is 0 Å². The molecule has 2 saturated heterocycles. The van der Waals surface area contributed by atoms with Gasteiger partial charge in [0, 0.05) is 6.42 Å². The maximum atomic E-state index is 11.2. The summed E-state index contributed by atoms with van der Waals surface area (Å²) >= 11 is 0. The molecule has 0 aromatic carbocycles. The Bertz CT molecular complexity index is 176. The molecule has 2 bridgehead atoms. The molecule has 2 aliphatic heterocycles. The summed E-state index contributed by atoms with van der Waals surface area (Å²) in [4.78, 5) is 11.2. The highest BCUT2D eigenvalue weighted by Crippen LogP contribution is 2.44. The highest BCUT2D eigenvalue weighted by molar-refractivity contribution is 5.80. The van der Waals surface area contributed by atoms with Crippen molar-refractivity contribution >= 4 is 5.97 Å². The first kappa shape index (κ1) is 7.10. The number of ether oxygens (including phenoxy) is 2. The average molecular weight is 156 g/mol. The second kappa shape index (κ2) is 2.21. The number of rotatable bonds is 1. The Morgan fingerprint density at radius 3 is 2.91 bits per heavy atom. The monoisotopic (exact) mass is 156 g/mol. The van der Waals surface area contributed by atoms with E-state index in [4.69, 9.17) is 4.74 Å². The average Bonchev–Trinajstić information content (AvgIpc) is 2.02. The van der Waals surface area contributed by atoms with Crippen LogP contribution in [-0.2, 0) is 14.3 Å². The van der Waals surface area contributed by atoms with Gasteiger partial charge in [0.2, 0.25) is 0 Å². The molecule has 0 N–H and O–H groups in total. The Kier molecular flexibility index (Phi) is 1.42. The lowest BCUT2D eigenvalue weighted by atomic mass is 9.77. The van der Waals surface area contributed by atoms with Crippen LogP contribution in [0.3, 0.4) is 0 Å². The molecular weight excluding hydrogens is 144 g/mol. The first-order chi connectivity index (χ1) is 5.27. The Morgan fingerprint density at radius 2 is 2.45 bits per heavy atom. The first-order valence-electron chi connectivity index (χ1n) is 4.03. The van der Waals surface area contributed by atoms with Gasteiger partial charge in [-0.2, -0.15) is 0 Å². The zero-order valence-electron chi connectivity index (χ0n) is 6.63. The summed E-state index contributed by atoms with van der Waals surface area (Å²) in [5.74, 6) is -0.187. The first-order valence-corrected chi connectivity index (χ1v) is 4.03. The summed E-state index contributed by atoms with van der Waals surface area (Å²) in [7, 11) is 1.42. The van der Waals surface area contributed by atoms with E-state index in [0.717, 1.165) is 25.7 Å². The molecule has 3 nitrogen and oxygen atoms in total. The number of methoxy groups -OCH3 is 1. The standard InChI is InChI=1S/C8H12O3/c1-10-7(9)8-4-2-3-6(5-8)11-8/h6H,2-5H2,1H3. The fraction of sp³-hybridized carbons (Fsp3) is 0.875. The molecule has 11 heavy (non-hydrogen) atoms. The van der Waals surface area contributed by atoms with Crippen LogP contribution >= 0.6 is 0 Å². The van der Waals surface area contributed by atoms with E-state index < -0.39 is 5.60 Å². The minimum absolute atomic E-state index is 0.187. The van der Waals surface area contributed by atoms with Crippen LogP contribution in [0, 0.1) is 0 Å². The number of carbonyl (C=O) groups excluding carboxylic acids is 1. The summed E-state index contributed by atoms with van der Waals surface area (Å²) in [6.07, 6.45) is 4.26. The molecule has 3 aliphatic rings. The van der Waals surface area contributed by atoms with E-state index in [1.165, 1.54) is 7.11 Å². The summed E-state index contributed by atoms with van der Waals surface area (Å²) in [6.45, 7) is 0. The smallest absolute Gasteiger partial charge is 0.338 e.